The monoisotopic (exact) mass is 346 g/mol. The van der Waals surface area contributed by atoms with Crippen molar-refractivity contribution >= 4 is 28.3 Å². The van der Waals surface area contributed by atoms with Gasteiger partial charge in [0.05, 0.1) is 17.8 Å². The Morgan fingerprint density at radius 3 is 2.58 bits per heavy atom. The number of rotatable bonds is 5. The number of aromatic nitrogens is 2. The lowest BCUT2D eigenvalue weighted by Crippen LogP contribution is -2.27. The number of pyridine rings is 1. The van der Waals surface area contributed by atoms with E-state index in [1.807, 2.05) is 42.5 Å². The van der Waals surface area contributed by atoms with Gasteiger partial charge in [0.25, 0.3) is 5.91 Å². The zero-order valence-corrected chi connectivity index (χ0v) is 14.0. The van der Waals surface area contributed by atoms with Gasteiger partial charge >= 0.3 is 0 Å². The van der Waals surface area contributed by atoms with Gasteiger partial charge in [0.2, 0.25) is 0 Å². The number of fused-ring (bicyclic) bond motifs is 3. The Labute approximate surface area is 150 Å². The zero-order chi connectivity index (χ0) is 17.9. The lowest BCUT2D eigenvalue weighted by Gasteiger charge is -2.09. The van der Waals surface area contributed by atoms with Crippen LogP contribution < -0.4 is 10.8 Å². The molecule has 2 aromatic carbocycles. The standard InChI is InChI=1S/C20H18N4O2/c25-19(23-26)13-21-20-17(12-14-6-2-1-3-7-14)24-16-9-5-4-8-15(16)10-11-18(24)22-20/h1-11,21,26H,12-13H2,(H,23,25). The predicted octanol–water partition coefficient (Wildman–Crippen LogP) is 3.00. The van der Waals surface area contributed by atoms with E-state index in [9.17, 15) is 4.79 Å². The average molecular weight is 346 g/mol. The largest absolute Gasteiger partial charge is 0.359 e. The molecule has 4 aromatic rings. The molecule has 0 radical (unpaired) electrons. The van der Waals surface area contributed by atoms with Crippen LogP contribution >= 0.6 is 0 Å². The fraction of sp³-hybridized carbons (Fsp3) is 0.100. The highest BCUT2D eigenvalue weighted by atomic mass is 16.5. The summed E-state index contributed by atoms with van der Waals surface area (Å²) in [4.78, 5) is 16.1. The van der Waals surface area contributed by atoms with Crippen LogP contribution in [0.25, 0.3) is 16.6 Å². The molecular formula is C20H18N4O2. The zero-order valence-electron chi connectivity index (χ0n) is 14.0. The summed E-state index contributed by atoms with van der Waals surface area (Å²) in [6.45, 7) is -0.0555. The summed E-state index contributed by atoms with van der Waals surface area (Å²) in [5.41, 5.74) is 5.61. The lowest BCUT2D eigenvalue weighted by atomic mass is 10.1. The molecule has 0 saturated carbocycles. The van der Waals surface area contributed by atoms with Crippen LogP contribution in [0.5, 0.6) is 0 Å². The molecule has 0 saturated heterocycles. The molecule has 130 valence electrons. The molecule has 0 atom stereocenters. The molecule has 0 aliphatic rings. The highest BCUT2D eigenvalue weighted by Crippen LogP contribution is 2.26. The first-order valence-electron chi connectivity index (χ1n) is 8.36. The Bertz CT molecular complexity index is 1070. The fourth-order valence-corrected chi connectivity index (χ4v) is 3.15. The summed E-state index contributed by atoms with van der Waals surface area (Å²) >= 11 is 0. The molecule has 0 unspecified atom stereocenters. The molecule has 0 bridgehead atoms. The fourth-order valence-electron chi connectivity index (χ4n) is 3.15. The number of imidazole rings is 1. The molecule has 2 heterocycles. The number of anilines is 1. The van der Waals surface area contributed by atoms with Gasteiger partial charge < -0.3 is 5.32 Å². The minimum Gasteiger partial charge on any atom is -0.359 e. The molecule has 6 heteroatoms. The second-order valence-electron chi connectivity index (χ2n) is 6.04. The summed E-state index contributed by atoms with van der Waals surface area (Å²) in [6, 6.07) is 22.2. The molecule has 6 nitrogen and oxygen atoms in total. The number of para-hydroxylation sites is 1. The van der Waals surface area contributed by atoms with Crippen LogP contribution in [0.15, 0.2) is 66.7 Å². The van der Waals surface area contributed by atoms with E-state index in [-0.39, 0.29) is 6.54 Å². The van der Waals surface area contributed by atoms with E-state index in [0.29, 0.717) is 12.2 Å². The Morgan fingerprint density at radius 1 is 1.00 bits per heavy atom. The van der Waals surface area contributed by atoms with Crippen molar-refractivity contribution in [2.24, 2.45) is 0 Å². The molecule has 2 aromatic heterocycles. The van der Waals surface area contributed by atoms with E-state index in [1.165, 1.54) is 0 Å². The summed E-state index contributed by atoms with van der Waals surface area (Å²) in [7, 11) is 0. The summed E-state index contributed by atoms with van der Waals surface area (Å²) in [6.07, 6.45) is 0.666. The first-order valence-corrected chi connectivity index (χ1v) is 8.36. The van der Waals surface area contributed by atoms with Crippen LogP contribution in [0.4, 0.5) is 5.82 Å². The lowest BCUT2D eigenvalue weighted by molar-refractivity contribution is -0.127. The van der Waals surface area contributed by atoms with Crippen LogP contribution in [0, 0.1) is 0 Å². The van der Waals surface area contributed by atoms with Gasteiger partial charge in [-0.05, 0) is 29.1 Å². The quantitative estimate of drug-likeness (QED) is 0.383. The number of nitrogens with zero attached hydrogens (tertiary/aromatic N) is 2. The summed E-state index contributed by atoms with van der Waals surface area (Å²) in [5, 5.41) is 12.9. The molecule has 0 aliphatic heterocycles. The number of hydrogen-bond donors (Lipinski definition) is 3. The third-order valence-corrected chi connectivity index (χ3v) is 4.34. The van der Waals surface area contributed by atoms with E-state index in [4.69, 9.17) is 5.21 Å². The molecule has 26 heavy (non-hydrogen) atoms. The number of amides is 1. The molecule has 0 aliphatic carbocycles. The summed E-state index contributed by atoms with van der Waals surface area (Å²) in [5.74, 6) is 0.117. The Balaban J connectivity index is 1.87. The molecule has 0 spiro atoms. The van der Waals surface area contributed by atoms with Gasteiger partial charge in [-0.15, -0.1) is 0 Å². The number of carbonyl (C=O) groups excluding carboxylic acids is 1. The van der Waals surface area contributed by atoms with Crippen LogP contribution in [0.3, 0.4) is 0 Å². The van der Waals surface area contributed by atoms with Gasteiger partial charge in [0, 0.05) is 6.42 Å². The van der Waals surface area contributed by atoms with Crippen molar-refractivity contribution in [3.8, 4) is 0 Å². The average Bonchev–Trinajstić information content (AvgIpc) is 3.04. The Morgan fingerprint density at radius 2 is 1.77 bits per heavy atom. The maximum absolute atomic E-state index is 11.4. The Hall–Kier alpha value is -3.38. The van der Waals surface area contributed by atoms with Crippen molar-refractivity contribution in [2.75, 3.05) is 11.9 Å². The van der Waals surface area contributed by atoms with Gasteiger partial charge in [0.1, 0.15) is 11.5 Å². The predicted molar refractivity (Wildman–Crippen MR) is 100 cm³/mol. The van der Waals surface area contributed by atoms with E-state index >= 15 is 0 Å². The van der Waals surface area contributed by atoms with Crippen LogP contribution in [-0.4, -0.2) is 27.0 Å². The normalized spacial score (nSPS) is 11.0. The van der Waals surface area contributed by atoms with E-state index in [0.717, 1.165) is 27.8 Å². The maximum atomic E-state index is 11.4. The van der Waals surface area contributed by atoms with Gasteiger partial charge in [-0.3, -0.25) is 14.4 Å². The third kappa shape index (κ3) is 2.98. The van der Waals surface area contributed by atoms with Crippen molar-refractivity contribution in [1.29, 1.82) is 0 Å². The molecule has 0 fully saturated rings. The minimum absolute atomic E-state index is 0.0555. The smallest absolute Gasteiger partial charge is 0.262 e. The third-order valence-electron chi connectivity index (χ3n) is 4.34. The van der Waals surface area contributed by atoms with E-state index < -0.39 is 5.91 Å². The van der Waals surface area contributed by atoms with Crippen molar-refractivity contribution in [2.45, 2.75) is 6.42 Å². The molecular weight excluding hydrogens is 328 g/mol. The second kappa shape index (κ2) is 6.85. The van der Waals surface area contributed by atoms with Crippen molar-refractivity contribution in [3.05, 3.63) is 78.0 Å². The number of benzene rings is 2. The van der Waals surface area contributed by atoms with E-state index in [2.05, 4.69) is 39.0 Å². The van der Waals surface area contributed by atoms with Crippen molar-refractivity contribution < 1.29 is 10.0 Å². The first-order chi connectivity index (χ1) is 12.8. The number of nitrogens with one attached hydrogen (secondary N) is 2. The second-order valence-corrected chi connectivity index (χ2v) is 6.04. The molecule has 4 rings (SSSR count). The van der Waals surface area contributed by atoms with Crippen LogP contribution in [0.1, 0.15) is 11.3 Å². The highest BCUT2D eigenvalue weighted by Gasteiger charge is 2.15. The molecule has 1 amide bonds. The van der Waals surface area contributed by atoms with Gasteiger partial charge in [-0.25, -0.2) is 10.5 Å². The van der Waals surface area contributed by atoms with Gasteiger partial charge in [-0.1, -0.05) is 48.5 Å². The SMILES string of the molecule is O=C(CNc1nc2ccc3ccccc3n2c1Cc1ccccc1)NO. The minimum atomic E-state index is -0.516. The molecule has 3 N–H and O–H groups in total. The highest BCUT2D eigenvalue weighted by molar-refractivity contribution is 5.84. The topological polar surface area (TPSA) is 78.7 Å². The van der Waals surface area contributed by atoms with Gasteiger partial charge in [-0.2, -0.15) is 0 Å². The maximum Gasteiger partial charge on any atom is 0.262 e. The summed E-state index contributed by atoms with van der Waals surface area (Å²) < 4.78 is 2.11. The van der Waals surface area contributed by atoms with E-state index in [1.54, 1.807) is 5.48 Å². The number of hydrogen-bond acceptors (Lipinski definition) is 4. The van der Waals surface area contributed by atoms with Crippen LogP contribution in [-0.2, 0) is 11.2 Å². The van der Waals surface area contributed by atoms with Crippen molar-refractivity contribution in [3.63, 3.8) is 0 Å². The number of hydroxylamine groups is 1. The van der Waals surface area contributed by atoms with Gasteiger partial charge in [0.15, 0.2) is 0 Å². The van der Waals surface area contributed by atoms with Crippen molar-refractivity contribution in [1.82, 2.24) is 14.9 Å². The van der Waals surface area contributed by atoms with Crippen LogP contribution in [0.2, 0.25) is 0 Å². The first kappa shape index (κ1) is 16.1. The Kier molecular flexibility index (Phi) is 4.25. The number of carbonyl (C=O) groups is 1.